The largest absolute Gasteiger partial charge is 0.311 e. The van der Waals surface area contributed by atoms with Crippen molar-refractivity contribution in [3.05, 3.63) is 53.6 Å². The van der Waals surface area contributed by atoms with Crippen LogP contribution in [0.2, 0.25) is 0 Å². The average Bonchev–Trinajstić information content (AvgIpc) is 3.14. The predicted octanol–water partition coefficient (Wildman–Crippen LogP) is 4.11. The molecule has 29 heavy (non-hydrogen) atoms. The molecule has 1 unspecified atom stereocenters. The maximum absolute atomic E-state index is 13.6. The normalized spacial score (nSPS) is 20.1. The molecule has 2 aromatic carbocycles. The van der Waals surface area contributed by atoms with E-state index in [4.69, 9.17) is 0 Å². The Morgan fingerprint density at radius 2 is 1.79 bits per heavy atom. The Morgan fingerprint density at radius 3 is 2.48 bits per heavy atom. The minimum Gasteiger partial charge on any atom is -0.311 e. The molecule has 0 saturated heterocycles. The van der Waals surface area contributed by atoms with Crippen molar-refractivity contribution in [2.45, 2.75) is 57.4 Å². The second kappa shape index (κ2) is 6.59. The van der Waals surface area contributed by atoms with Crippen LogP contribution >= 0.6 is 0 Å². The molecular formula is C23H28N2O3S. The molecule has 0 N–H and O–H groups in total. The Hall–Kier alpha value is -2.34. The minimum atomic E-state index is -3.70. The standard InChI is InChI=1S/C23H28N2O3S/c1-15(2)22(26)24-14-23(4,5)19-13-18(10-11-21(19)24)29(27,28)25-16(3)12-17-8-6-7-9-20(17)25/h6-11,13,15-16H,12,14H2,1-5H3. The van der Waals surface area contributed by atoms with Gasteiger partial charge in [-0.05, 0) is 48.7 Å². The van der Waals surface area contributed by atoms with Gasteiger partial charge in [0.15, 0.2) is 0 Å². The number of amides is 1. The van der Waals surface area contributed by atoms with E-state index in [1.165, 1.54) is 0 Å². The molecule has 0 aromatic heterocycles. The summed E-state index contributed by atoms with van der Waals surface area (Å²) in [6, 6.07) is 12.8. The molecule has 0 aliphatic carbocycles. The number of benzene rings is 2. The Balaban J connectivity index is 1.79. The Morgan fingerprint density at radius 1 is 1.10 bits per heavy atom. The van der Waals surface area contributed by atoms with Crippen LogP contribution in [-0.4, -0.2) is 26.9 Å². The Labute approximate surface area is 173 Å². The van der Waals surface area contributed by atoms with Gasteiger partial charge >= 0.3 is 0 Å². The van der Waals surface area contributed by atoms with Crippen LogP contribution < -0.4 is 9.21 Å². The van der Waals surface area contributed by atoms with Crippen LogP contribution in [0.5, 0.6) is 0 Å². The van der Waals surface area contributed by atoms with Gasteiger partial charge in [-0.15, -0.1) is 0 Å². The van der Waals surface area contributed by atoms with Gasteiger partial charge in [0, 0.05) is 29.6 Å². The molecule has 2 aliphatic heterocycles. The van der Waals surface area contributed by atoms with Crippen molar-refractivity contribution in [3.8, 4) is 0 Å². The molecular weight excluding hydrogens is 384 g/mol. The van der Waals surface area contributed by atoms with Gasteiger partial charge in [0.05, 0.1) is 10.6 Å². The van der Waals surface area contributed by atoms with E-state index < -0.39 is 10.0 Å². The molecule has 2 heterocycles. The third-order valence-electron chi connectivity index (χ3n) is 6.00. The first-order chi connectivity index (χ1) is 13.5. The van der Waals surface area contributed by atoms with Gasteiger partial charge in [-0.1, -0.05) is 45.9 Å². The Bertz CT molecular complexity index is 1090. The topological polar surface area (TPSA) is 57.7 Å². The van der Waals surface area contributed by atoms with E-state index >= 15 is 0 Å². The Kier molecular flexibility index (Phi) is 4.53. The molecule has 1 amide bonds. The lowest BCUT2D eigenvalue weighted by molar-refractivity contribution is -0.121. The first-order valence-electron chi connectivity index (χ1n) is 10.1. The fourth-order valence-electron chi connectivity index (χ4n) is 4.54. The number of para-hydroxylation sites is 1. The number of fused-ring (bicyclic) bond motifs is 2. The number of sulfonamides is 1. The summed E-state index contributed by atoms with van der Waals surface area (Å²) in [4.78, 5) is 14.7. The monoisotopic (exact) mass is 412 g/mol. The van der Waals surface area contributed by atoms with E-state index in [2.05, 4.69) is 13.8 Å². The number of hydrogen-bond acceptors (Lipinski definition) is 3. The van der Waals surface area contributed by atoms with Crippen LogP contribution in [0.1, 0.15) is 45.7 Å². The zero-order valence-electron chi connectivity index (χ0n) is 17.6. The van der Waals surface area contributed by atoms with Crippen molar-refractivity contribution in [1.82, 2.24) is 0 Å². The van der Waals surface area contributed by atoms with Crippen molar-refractivity contribution >= 4 is 27.3 Å². The van der Waals surface area contributed by atoms with Crippen LogP contribution in [0.25, 0.3) is 0 Å². The van der Waals surface area contributed by atoms with Crippen molar-refractivity contribution in [2.24, 2.45) is 5.92 Å². The highest BCUT2D eigenvalue weighted by Gasteiger charge is 2.41. The van der Waals surface area contributed by atoms with Gasteiger partial charge in [0.1, 0.15) is 0 Å². The molecule has 2 aliphatic rings. The van der Waals surface area contributed by atoms with E-state index in [9.17, 15) is 13.2 Å². The molecule has 154 valence electrons. The van der Waals surface area contributed by atoms with Gasteiger partial charge in [0.2, 0.25) is 5.91 Å². The molecule has 1 atom stereocenters. The quantitative estimate of drug-likeness (QED) is 0.762. The third-order valence-corrected chi connectivity index (χ3v) is 7.93. The van der Waals surface area contributed by atoms with Crippen LogP contribution in [0.15, 0.2) is 47.4 Å². The van der Waals surface area contributed by atoms with Gasteiger partial charge in [-0.3, -0.25) is 9.10 Å². The molecule has 5 nitrogen and oxygen atoms in total. The number of rotatable bonds is 3. The first-order valence-corrected chi connectivity index (χ1v) is 11.6. The number of carbonyl (C=O) groups is 1. The second-order valence-corrected chi connectivity index (χ2v) is 10.9. The fourth-order valence-corrected chi connectivity index (χ4v) is 6.26. The van der Waals surface area contributed by atoms with Crippen LogP contribution in [0.4, 0.5) is 11.4 Å². The lowest BCUT2D eigenvalue weighted by Gasteiger charge is -2.25. The maximum Gasteiger partial charge on any atom is 0.264 e. The first kappa shape index (κ1) is 20.0. The maximum atomic E-state index is 13.6. The summed E-state index contributed by atoms with van der Waals surface area (Å²) in [5.41, 5.74) is 3.24. The molecule has 0 saturated carbocycles. The van der Waals surface area contributed by atoms with Crippen LogP contribution in [-0.2, 0) is 26.7 Å². The predicted molar refractivity (Wildman–Crippen MR) is 116 cm³/mol. The SMILES string of the molecule is CC(C)C(=O)N1CC(C)(C)c2cc(S(=O)(=O)N3c4ccccc4CC3C)ccc21. The lowest BCUT2D eigenvalue weighted by atomic mass is 9.87. The summed E-state index contributed by atoms with van der Waals surface area (Å²) in [7, 11) is -3.70. The number of nitrogens with zero attached hydrogens (tertiary/aromatic N) is 2. The second-order valence-electron chi connectivity index (χ2n) is 9.12. The number of carbonyl (C=O) groups excluding carboxylic acids is 1. The minimum absolute atomic E-state index is 0.0644. The summed E-state index contributed by atoms with van der Waals surface area (Å²) in [6.07, 6.45) is 0.711. The fraction of sp³-hybridized carbons (Fsp3) is 0.435. The molecule has 4 rings (SSSR count). The summed E-state index contributed by atoms with van der Waals surface area (Å²) < 4.78 is 28.7. The molecule has 2 aromatic rings. The zero-order valence-corrected chi connectivity index (χ0v) is 18.5. The molecule has 0 bridgehead atoms. The summed E-state index contributed by atoms with van der Waals surface area (Å²) in [6.45, 7) is 10.4. The average molecular weight is 413 g/mol. The van der Waals surface area contributed by atoms with Crippen molar-refractivity contribution in [3.63, 3.8) is 0 Å². The number of hydrogen-bond donors (Lipinski definition) is 0. The highest BCUT2D eigenvalue weighted by Crippen LogP contribution is 2.43. The number of anilines is 2. The van der Waals surface area contributed by atoms with E-state index in [1.54, 1.807) is 27.4 Å². The van der Waals surface area contributed by atoms with Gasteiger partial charge in [-0.25, -0.2) is 8.42 Å². The molecule has 6 heteroatoms. The highest BCUT2D eigenvalue weighted by atomic mass is 32.2. The van der Waals surface area contributed by atoms with Crippen molar-refractivity contribution in [2.75, 3.05) is 15.7 Å². The highest BCUT2D eigenvalue weighted by molar-refractivity contribution is 7.92. The van der Waals surface area contributed by atoms with Crippen molar-refractivity contribution < 1.29 is 13.2 Å². The third kappa shape index (κ3) is 3.05. The molecule has 0 fully saturated rings. The van der Waals surface area contributed by atoms with Gasteiger partial charge in [0.25, 0.3) is 10.0 Å². The summed E-state index contributed by atoms with van der Waals surface area (Å²) in [5, 5.41) is 0. The summed E-state index contributed by atoms with van der Waals surface area (Å²) in [5.74, 6) is -0.0448. The molecule has 0 radical (unpaired) electrons. The van der Waals surface area contributed by atoms with Gasteiger partial charge in [-0.2, -0.15) is 0 Å². The lowest BCUT2D eigenvalue weighted by Crippen LogP contribution is -2.36. The van der Waals surface area contributed by atoms with E-state index in [0.717, 1.165) is 22.5 Å². The van der Waals surface area contributed by atoms with Crippen LogP contribution in [0.3, 0.4) is 0 Å². The van der Waals surface area contributed by atoms with Gasteiger partial charge < -0.3 is 4.90 Å². The van der Waals surface area contributed by atoms with E-state index in [-0.39, 0.29) is 28.2 Å². The van der Waals surface area contributed by atoms with E-state index in [0.29, 0.717) is 13.0 Å². The smallest absolute Gasteiger partial charge is 0.264 e. The zero-order chi connectivity index (χ0) is 21.1. The van der Waals surface area contributed by atoms with Crippen LogP contribution in [0, 0.1) is 5.92 Å². The van der Waals surface area contributed by atoms with E-state index in [1.807, 2.05) is 45.0 Å². The van der Waals surface area contributed by atoms with Crippen molar-refractivity contribution in [1.29, 1.82) is 0 Å². The summed E-state index contributed by atoms with van der Waals surface area (Å²) >= 11 is 0. The molecule has 0 spiro atoms.